The van der Waals surface area contributed by atoms with Crippen LogP contribution in [0.3, 0.4) is 0 Å². The molecule has 1 fully saturated rings. The van der Waals surface area contributed by atoms with Gasteiger partial charge in [0.1, 0.15) is 0 Å². The lowest BCUT2D eigenvalue weighted by molar-refractivity contribution is -0.945. The molecule has 0 unspecified atom stereocenters. The standard InChI is InChI=1S/C14H22NO2.BrH/c1-15(8-4-9-15)10-7-12-5-6-13(16-2)14(11-12)17-3;/h5-6,11H,4,7-10H2,1-3H3;1H/q+1;/p-1. The molecule has 0 radical (unpaired) electrons. The van der Waals surface area contributed by atoms with E-state index in [0.29, 0.717) is 0 Å². The number of benzene rings is 1. The Morgan fingerprint density at radius 1 is 1.11 bits per heavy atom. The van der Waals surface area contributed by atoms with E-state index in [1.165, 1.54) is 36.1 Å². The van der Waals surface area contributed by atoms with Crippen LogP contribution in [0.1, 0.15) is 12.0 Å². The maximum Gasteiger partial charge on any atom is 0.160 e. The highest BCUT2D eigenvalue weighted by molar-refractivity contribution is 5.42. The van der Waals surface area contributed by atoms with Gasteiger partial charge in [-0.25, -0.2) is 0 Å². The van der Waals surface area contributed by atoms with E-state index in [9.17, 15) is 0 Å². The van der Waals surface area contributed by atoms with Crippen molar-refractivity contribution in [3.8, 4) is 11.5 Å². The molecule has 0 saturated carbocycles. The summed E-state index contributed by atoms with van der Waals surface area (Å²) in [4.78, 5) is 0. The molecule has 2 rings (SSSR count). The van der Waals surface area contributed by atoms with Gasteiger partial charge < -0.3 is 30.9 Å². The van der Waals surface area contributed by atoms with Crippen molar-refractivity contribution in [2.75, 3.05) is 40.9 Å². The number of hydrogen-bond acceptors (Lipinski definition) is 2. The summed E-state index contributed by atoms with van der Waals surface area (Å²) in [7, 11) is 5.69. The lowest BCUT2D eigenvalue weighted by Gasteiger charge is -2.42. The van der Waals surface area contributed by atoms with E-state index in [1.807, 2.05) is 6.07 Å². The third-order valence-electron chi connectivity index (χ3n) is 3.78. The van der Waals surface area contributed by atoms with Crippen LogP contribution in [0.4, 0.5) is 0 Å². The first kappa shape index (κ1) is 15.3. The molecule has 4 heteroatoms. The number of hydrogen-bond donors (Lipinski definition) is 0. The van der Waals surface area contributed by atoms with E-state index in [2.05, 4.69) is 19.2 Å². The zero-order valence-electron chi connectivity index (χ0n) is 11.4. The highest BCUT2D eigenvalue weighted by atomic mass is 79.9. The van der Waals surface area contributed by atoms with E-state index >= 15 is 0 Å². The Labute approximate surface area is 120 Å². The van der Waals surface area contributed by atoms with Crippen molar-refractivity contribution in [2.24, 2.45) is 0 Å². The van der Waals surface area contributed by atoms with Gasteiger partial charge in [-0.2, -0.15) is 0 Å². The Kier molecular flexibility index (Phi) is 5.47. The van der Waals surface area contributed by atoms with Crippen LogP contribution >= 0.6 is 0 Å². The van der Waals surface area contributed by atoms with Crippen molar-refractivity contribution in [1.82, 2.24) is 0 Å². The molecule has 3 nitrogen and oxygen atoms in total. The Balaban J connectivity index is 0.00000162. The van der Waals surface area contributed by atoms with Crippen LogP contribution in [0, 0.1) is 0 Å². The van der Waals surface area contributed by atoms with Crippen molar-refractivity contribution < 1.29 is 30.9 Å². The molecular weight excluding hydrogens is 294 g/mol. The van der Waals surface area contributed by atoms with Crippen LogP contribution in [0.2, 0.25) is 0 Å². The Morgan fingerprint density at radius 3 is 2.28 bits per heavy atom. The molecule has 0 amide bonds. The highest BCUT2D eigenvalue weighted by Crippen LogP contribution is 2.28. The van der Waals surface area contributed by atoms with E-state index < -0.39 is 0 Å². The zero-order chi connectivity index (χ0) is 12.3. The lowest BCUT2D eigenvalue weighted by Crippen LogP contribution is -3.00. The fourth-order valence-corrected chi connectivity index (χ4v) is 2.36. The van der Waals surface area contributed by atoms with Gasteiger partial charge in [-0.1, -0.05) is 6.07 Å². The van der Waals surface area contributed by atoms with E-state index in [1.54, 1.807) is 14.2 Å². The second-order valence-corrected chi connectivity index (χ2v) is 5.08. The van der Waals surface area contributed by atoms with Crippen molar-refractivity contribution in [3.05, 3.63) is 23.8 Å². The van der Waals surface area contributed by atoms with Crippen molar-refractivity contribution in [2.45, 2.75) is 12.8 Å². The molecule has 1 aliphatic rings. The second-order valence-electron chi connectivity index (χ2n) is 5.08. The average Bonchev–Trinajstić information content (AvgIpc) is 2.33. The normalized spacial score (nSPS) is 16.4. The number of likely N-dealkylation sites (N-methyl/N-ethyl adjacent to an activating group) is 1. The number of quaternary nitrogens is 1. The zero-order valence-corrected chi connectivity index (χ0v) is 13.0. The van der Waals surface area contributed by atoms with E-state index in [4.69, 9.17) is 9.47 Å². The summed E-state index contributed by atoms with van der Waals surface area (Å²) < 4.78 is 11.8. The molecule has 1 aromatic carbocycles. The van der Waals surface area contributed by atoms with Crippen LogP contribution in [0.15, 0.2) is 18.2 Å². The fourth-order valence-electron chi connectivity index (χ4n) is 2.36. The predicted molar refractivity (Wildman–Crippen MR) is 68.7 cm³/mol. The Bertz CT molecular complexity index is 391. The molecule has 0 aliphatic carbocycles. The molecule has 0 N–H and O–H groups in total. The van der Waals surface area contributed by atoms with Crippen LogP contribution in [0.25, 0.3) is 0 Å². The van der Waals surface area contributed by atoms with Gasteiger partial charge in [0.15, 0.2) is 11.5 Å². The summed E-state index contributed by atoms with van der Waals surface area (Å²) in [6.07, 6.45) is 2.49. The third-order valence-corrected chi connectivity index (χ3v) is 3.78. The summed E-state index contributed by atoms with van der Waals surface area (Å²) in [6.45, 7) is 3.87. The lowest BCUT2D eigenvalue weighted by atomic mass is 10.1. The summed E-state index contributed by atoms with van der Waals surface area (Å²) in [6, 6.07) is 6.21. The Morgan fingerprint density at radius 2 is 1.78 bits per heavy atom. The van der Waals surface area contributed by atoms with Gasteiger partial charge in [0.05, 0.1) is 40.9 Å². The number of likely N-dealkylation sites (tertiary alicyclic amines) is 1. The van der Waals surface area contributed by atoms with Gasteiger partial charge in [-0.05, 0) is 17.7 Å². The van der Waals surface area contributed by atoms with Crippen LogP contribution < -0.4 is 26.5 Å². The van der Waals surface area contributed by atoms with Crippen LogP contribution in [0.5, 0.6) is 11.5 Å². The molecule has 0 atom stereocenters. The molecule has 102 valence electrons. The molecule has 1 aromatic rings. The smallest absolute Gasteiger partial charge is 0.160 e. The molecule has 1 aliphatic heterocycles. The molecule has 1 saturated heterocycles. The van der Waals surface area contributed by atoms with Gasteiger partial charge >= 0.3 is 0 Å². The molecule has 0 aromatic heterocycles. The number of nitrogens with zero attached hydrogens (tertiary/aromatic N) is 1. The molecular formula is C14H22BrNO2. The van der Waals surface area contributed by atoms with Crippen LogP contribution in [-0.2, 0) is 6.42 Å². The van der Waals surface area contributed by atoms with E-state index in [0.717, 1.165) is 17.9 Å². The average molecular weight is 316 g/mol. The minimum Gasteiger partial charge on any atom is -1.00 e. The number of halogens is 1. The van der Waals surface area contributed by atoms with Crippen molar-refractivity contribution in [1.29, 1.82) is 0 Å². The fraction of sp³-hybridized carbons (Fsp3) is 0.571. The van der Waals surface area contributed by atoms with Gasteiger partial charge in [0, 0.05) is 12.8 Å². The summed E-state index contributed by atoms with van der Waals surface area (Å²) >= 11 is 0. The largest absolute Gasteiger partial charge is 1.00 e. The molecule has 18 heavy (non-hydrogen) atoms. The third kappa shape index (κ3) is 3.39. The SMILES string of the molecule is COc1ccc(CC[N+]2(C)CCC2)cc1OC.[Br-]. The topological polar surface area (TPSA) is 18.5 Å². The molecule has 0 spiro atoms. The molecule has 1 heterocycles. The first-order valence-electron chi connectivity index (χ1n) is 6.21. The summed E-state index contributed by atoms with van der Waals surface area (Å²) in [5, 5.41) is 0. The van der Waals surface area contributed by atoms with Gasteiger partial charge in [0.2, 0.25) is 0 Å². The second kappa shape index (κ2) is 6.43. The highest BCUT2D eigenvalue weighted by Gasteiger charge is 2.29. The maximum absolute atomic E-state index is 5.32. The minimum absolute atomic E-state index is 0. The minimum atomic E-state index is 0. The van der Waals surface area contributed by atoms with Gasteiger partial charge in [-0.3, -0.25) is 0 Å². The first-order chi connectivity index (χ1) is 8.17. The van der Waals surface area contributed by atoms with E-state index in [-0.39, 0.29) is 17.0 Å². The predicted octanol–water partition coefficient (Wildman–Crippen LogP) is -0.899. The summed E-state index contributed by atoms with van der Waals surface area (Å²) in [5.41, 5.74) is 1.33. The number of rotatable bonds is 5. The van der Waals surface area contributed by atoms with Crippen molar-refractivity contribution in [3.63, 3.8) is 0 Å². The summed E-state index contributed by atoms with van der Waals surface area (Å²) in [5.74, 6) is 1.64. The Hall–Kier alpha value is -0.740. The van der Waals surface area contributed by atoms with Crippen molar-refractivity contribution >= 4 is 0 Å². The molecule has 0 bridgehead atoms. The van der Waals surface area contributed by atoms with Gasteiger partial charge in [-0.15, -0.1) is 0 Å². The quantitative estimate of drug-likeness (QED) is 0.656. The first-order valence-corrected chi connectivity index (χ1v) is 6.21. The maximum atomic E-state index is 5.32. The number of methoxy groups -OCH3 is 2. The number of ether oxygens (including phenoxy) is 2. The van der Waals surface area contributed by atoms with Gasteiger partial charge in [0.25, 0.3) is 0 Å². The monoisotopic (exact) mass is 315 g/mol. The van der Waals surface area contributed by atoms with Crippen LogP contribution in [-0.4, -0.2) is 45.4 Å².